The van der Waals surface area contributed by atoms with Gasteiger partial charge in [0.2, 0.25) is 0 Å². The van der Waals surface area contributed by atoms with Crippen LogP contribution in [0.15, 0.2) is 0 Å². The fraction of sp³-hybridized carbons (Fsp3) is 0.923. The van der Waals surface area contributed by atoms with Gasteiger partial charge in [0.15, 0.2) is 0 Å². The summed E-state index contributed by atoms with van der Waals surface area (Å²) in [6.07, 6.45) is 4.86. The number of hydrogen-bond donors (Lipinski definition) is 1. The molecule has 0 aliphatic carbocycles. The minimum absolute atomic E-state index is 0.0194. The van der Waals surface area contributed by atoms with Crippen LogP contribution in [0.4, 0.5) is 0 Å². The number of unbranched alkanes of at least 4 members (excludes halogenated alkanes) is 1. The molecule has 0 bridgehead atoms. The Labute approximate surface area is 104 Å². The number of nitriles is 1. The van der Waals surface area contributed by atoms with Crippen molar-refractivity contribution in [3.8, 4) is 6.07 Å². The highest BCUT2D eigenvalue weighted by molar-refractivity contribution is 4.94. The van der Waals surface area contributed by atoms with Crippen LogP contribution in [0.3, 0.4) is 0 Å². The Morgan fingerprint density at radius 3 is 3.06 bits per heavy atom. The molecule has 1 rings (SSSR count). The minimum atomic E-state index is -0.471. The van der Waals surface area contributed by atoms with Gasteiger partial charge < -0.3 is 9.84 Å². The second kappa shape index (κ2) is 8.46. The summed E-state index contributed by atoms with van der Waals surface area (Å²) >= 11 is 0. The van der Waals surface area contributed by atoms with Crippen molar-refractivity contribution in [3.63, 3.8) is 0 Å². The van der Waals surface area contributed by atoms with Gasteiger partial charge in [-0.3, -0.25) is 4.90 Å². The van der Waals surface area contributed by atoms with E-state index >= 15 is 0 Å². The molecule has 1 aliphatic rings. The van der Waals surface area contributed by atoms with Gasteiger partial charge in [0, 0.05) is 13.2 Å². The van der Waals surface area contributed by atoms with Crippen LogP contribution in [0, 0.1) is 11.3 Å². The highest BCUT2D eigenvalue weighted by atomic mass is 16.5. The Kier molecular flexibility index (Phi) is 7.18. The maximum Gasteiger partial charge on any atom is 0.0978 e. The van der Waals surface area contributed by atoms with E-state index in [4.69, 9.17) is 10.00 Å². The standard InChI is InChI=1S/C13H24N2O2/c1-2-3-8-17-11-13(16)10-15-7-5-4-6-12(15)9-14/h12-13,16H,2-8,10-11H2,1H3. The summed E-state index contributed by atoms with van der Waals surface area (Å²) in [6, 6.07) is 2.29. The van der Waals surface area contributed by atoms with Crippen LogP contribution in [0.1, 0.15) is 39.0 Å². The average Bonchev–Trinajstić information content (AvgIpc) is 2.35. The topological polar surface area (TPSA) is 56.5 Å². The lowest BCUT2D eigenvalue weighted by atomic mass is 10.0. The van der Waals surface area contributed by atoms with Gasteiger partial charge in [0.1, 0.15) is 0 Å². The molecule has 0 saturated carbocycles. The molecule has 17 heavy (non-hydrogen) atoms. The van der Waals surface area contributed by atoms with Crippen LogP contribution >= 0.6 is 0 Å². The van der Waals surface area contributed by atoms with Crippen molar-refractivity contribution in [3.05, 3.63) is 0 Å². The lowest BCUT2D eigenvalue weighted by molar-refractivity contribution is 0.00722. The first-order valence-electron chi connectivity index (χ1n) is 6.67. The Bertz CT molecular complexity index is 240. The Balaban J connectivity index is 2.19. The van der Waals surface area contributed by atoms with Crippen LogP contribution < -0.4 is 0 Å². The monoisotopic (exact) mass is 240 g/mol. The van der Waals surface area contributed by atoms with Crippen LogP contribution in [0.5, 0.6) is 0 Å². The zero-order valence-electron chi connectivity index (χ0n) is 10.8. The first-order valence-corrected chi connectivity index (χ1v) is 6.67. The van der Waals surface area contributed by atoms with Gasteiger partial charge in [-0.1, -0.05) is 13.3 Å². The Morgan fingerprint density at radius 2 is 2.35 bits per heavy atom. The van der Waals surface area contributed by atoms with E-state index in [0.717, 1.165) is 45.3 Å². The zero-order chi connectivity index (χ0) is 12.5. The number of rotatable bonds is 7. The molecule has 1 fully saturated rings. The normalized spacial score (nSPS) is 23.2. The number of piperidine rings is 1. The highest BCUT2D eigenvalue weighted by Crippen LogP contribution is 2.16. The molecule has 0 aromatic rings. The Hall–Kier alpha value is -0.630. The molecular formula is C13H24N2O2. The van der Waals surface area contributed by atoms with Gasteiger partial charge in [-0.15, -0.1) is 0 Å². The van der Waals surface area contributed by atoms with E-state index in [-0.39, 0.29) is 6.04 Å². The molecule has 1 aliphatic heterocycles. The van der Waals surface area contributed by atoms with E-state index in [1.54, 1.807) is 0 Å². The van der Waals surface area contributed by atoms with E-state index in [2.05, 4.69) is 17.9 Å². The second-order valence-corrected chi connectivity index (χ2v) is 4.72. The summed E-state index contributed by atoms with van der Waals surface area (Å²) in [7, 11) is 0. The largest absolute Gasteiger partial charge is 0.389 e. The summed E-state index contributed by atoms with van der Waals surface area (Å²) < 4.78 is 5.39. The first-order chi connectivity index (χ1) is 8.27. The maximum atomic E-state index is 9.84. The molecule has 4 nitrogen and oxygen atoms in total. The van der Waals surface area contributed by atoms with Gasteiger partial charge in [-0.25, -0.2) is 0 Å². The molecule has 4 heteroatoms. The molecule has 1 saturated heterocycles. The molecule has 2 atom stereocenters. The van der Waals surface area contributed by atoms with E-state index in [1.807, 2.05) is 0 Å². The number of ether oxygens (including phenoxy) is 1. The smallest absolute Gasteiger partial charge is 0.0978 e. The van der Waals surface area contributed by atoms with Crippen molar-refractivity contribution in [2.24, 2.45) is 0 Å². The summed E-state index contributed by atoms with van der Waals surface area (Å²) in [5.74, 6) is 0. The maximum absolute atomic E-state index is 9.84. The SMILES string of the molecule is CCCCOCC(O)CN1CCCCC1C#N. The second-order valence-electron chi connectivity index (χ2n) is 4.72. The molecule has 0 aromatic carbocycles. The molecule has 0 radical (unpaired) electrons. The first kappa shape index (κ1) is 14.4. The third-order valence-corrected chi connectivity index (χ3v) is 3.16. The fourth-order valence-corrected chi connectivity index (χ4v) is 2.14. The third-order valence-electron chi connectivity index (χ3n) is 3.16. The summed E-state index contributed by atoms with van der Waals surface area (Å²) in [5, 5.41) is 18.9. The van der Waals surface area contributed by atoms with Crippen LogP contribution in [0.25, 0.3) is 0 Å². The minimum Gasteiger partial charge on any atom is -0.389 e. The van der Waals surface area contributed by atoms with Crippen molar-refractivity contribution in [1.82, 2.24) is 4.90 Å². The van der Waals surface area contributed by atoms with E-state index in [1.165, 1.54) is 0 Å². The van der Waals surface area contributed by atoms with E-state index in [9.17, 15) is 5.11 Å². The van der Waals surface area contributed by atoms with Crippen molar-refractivity contribution >= 4 is 0 Å². The number of hydrogen-bond acceptors (Lipinski definition) is 4. The third kappa shape index (κ3) is 5.49. The lowest BCUT2D eigenvalue weighted by Gasteiger charge is -2.32. The number of β-amino-alcohol motifs (C(OH)–C–C–N with tert-alkyl or cyclic N) is 1. The van der Waals surface area contributed by atoms with Crippen molar-refractivity contribution in [2.45, 2.75) is 51.2 Å². The molecule has 0 spiro atoms. The van der Waals surface area contributed by atoms with Crippen molar-refractivity contribution in [2.75, 3.05) is 26.3 Å². The van der Waals surface area contributed by atoms with Crippen LogP contribution in [-0.4, -0.2) is 48.5 Å². The Morgan fingerprint density at radius 1 is 1.53 bits per heavy atom. The molecule has 98 valence electrons. The molecule has 1 heterocycles. The highest BCUT2D eigenvalue weighted by Gasteiger charge is 2.23. The molecule has 0 aromatic heterocycles. The predicted octanol–water partition coefficient (Wildman–Crippen LogP) is 1.54. The summed E-state index contributed by atoms with van der Waals surface area (Å²) in [4.78, 5) is 2.08. The number of nitrogens with zero attached hydrogens (tertiary/aromatic N) is 2. The molecule has 0 amide bonds. The van der Waals surface area contributed by atoms with Gasteiger partial charge in [0.05, 0.1) is 24.8 Å². The van der Waals surface area contributed by atoms with Gasteiger partial charge in [0.25, 0.3) is 0 Å². The molecular weight excluding hydrogens is 216 g/mol. The van der Waals surface area contributed by atoms with Gasteiger partial charge in [-0.05, 0) is 32.2 Å². The molecule has 2 unspecified atom stereocenters. The van der Waals surface area contributed by atoms with Crippen LogP contribution in [0.2, 0.25) is 0 Å². The molecule has 1 N–H and O–H groups in total. The number of aliphatic hydroxyl groups is 1. The van der Waals surface area contributed by atoms with Gasteiger partial charge in [-0.2, -0.15) is 5.26 Å². The van der Waals surface area contributed by atoms with E-state index in [0.29, 0.717) is 13.2 Å². The summed E-state index contributed by atoms with van der Waals surface area (Å²) in [5.41, 5.74) is 0. The predicted molar refractivity (Wildman–Crippen MR) is 66.6 cm³/mol. The van der Waals surface area contributed by atoms with Crippen molar-refractivity contribution < 1.29 is 9.84 Å². The number of aliphatic hydroxyl groups excluding tert-OH is 1. The van der Waals surface area contributed by atoms with Crippen LogP contribution in [-0.2, 0) is 4.74 Å². The number of likely N-dealkylation sites (tertiary alicyclic amines) is 1. The van der Waals surface area contributed by atoms with E-state index < -0.39 is 6.10 Å². The summed E-state index contributed by atoms with van der Waals surface area (Å²) in [6.45, 7) is 4.70. The lowest BCUT2D eigenvalue weighted by Crippen LogP contribution is -2.44. The zero-order valence-corrected chi connectivity index (χ0v) is 10.8. The van der Waals surface area contributed by atoms with Gasteiger partial charge >= 0.3 is 0 Å². The van der Waals surface area contributed by atoms with Crippen molar-refractivity contribution in [1.29, 1.82) is 5.26 Å². The fourth-order valence-electron chi connectivity index (χ4n) is 2.14. The quantitative estimate of drug-likeness (QED) is 0.686. The average molecular weight is 240 g/mol.